The van der Waals surface area contributed by atoms with Gasteiger partial charge in [0, 0.05) is 6.20 Å². The smallest absolute Gasteiger partial charge is 0.157 e. The molecule has 1 rings (SSSR count). The van der Waals surface area contributed by atoms with Gasteiger partial charge in [-0.05, 0) is 25.0 Å². The minimum Gasteiger partial charge on any atom is -0.245 e. The molecule has 0 unspecified atom stereocenters. The molecule has 0 spiro atoms. The van der Waals surface area contributed by atoms with Gasteiger partial charge in [0.05, 0.1) is 0 Å². The summed E-state index contributed by atoms with van der Waals surface area (Å²) in [6.45, 7) is 1.65. The molecule has 0 radical (unpaired) electrons. The van der Waals surface area contributed by atoms with E-state index in [4.69, 9.17) is 0 Å². The van der Waals surface area contributed by atoms with Crippen LogP contribution < -0.4 is 0 Å². The molecule has 0 aliphatic heterocycles. The molecule has 50 valence electrons. The molecule has 0 atom stereocenters. The highest BCUT2D eigenvalue weighted by molar-refractivity contribution is 5.27. The molecule has 1 aromatic heterocycles. The number of nitrogens with zero attached hydrogens (tertiary/aromatic N) is 1. The second-order valence-corrected chi connectivity index (χ2v) is 1.71. The van der Waals surface area contributed by atoms with Crippen LogP contribution in [0.25, 0.3) is 0 Å². The summed E-state index contributed by atoms with van der Waals surface area (Å²) in [5, 5.41) is 0. The van der Waals surface area contributed by atoms with Gasteiger partial charge in [0.25, 0.3) is 0 Å². The summed E-state index contributed by atoms with van der Waals surface area (Å²) in [6, 6.07) is 2.88. The van der Waals surface area contributed by atoms with Gasteiger partial charge in [-0.15, -0.1) is 0 Å². The predicted octanol–water partition coefficient (Wildman–Crippen LogP) is 1.59. The van der Waals surface area contributed by atoms with Crippen LogP contribution in [0.2, 0.25) is 0 Å². The van der Waals surface area contributed by atoms with E-state index in [2.05, 4.69) is 16.8 Å². The first-order valence-electron chi connectivity index (χ1n) is 2.88. The Bertz CT molecular complexity index is 283. The maximum Gasteiger partial charge on any atom is 0.157 e. The maximum absolute atomic E-state index is 12.6. The average molecular weight is 135 g/mol. The summed E-state index contributed by atoms with van der Waals surface area (Å²) in [5.41, 5.74) is 0.213. The fraction of sp³-hybridized carbons (Fsp3) is 0.125. The molecule has 1 nitrogen and oxygen atoms in total. The molecule has 0 bridgehead atoms. The molecule has 0 aliphatic carbocycles. The van der Waals surface area contributed by atoms with Crippen molar-refractivity contribution in [2.24, 2.45) is 0 Å². The van der Waals surface area contributed by atoms with Crippen molar-refractivity contribution in [3.05, 3.63) is 29.8 Å². The second kappa shape index (κ2) is 2.98. The van der Waals surface area contributed by atoms with E-state index < -0.39 is 0 Å². The number of rotatable bonds is 0. The van der Waals surface area contributed by atoms with E-state index in [1.807, 2.05) is 0 Å². The third-order valence-corrected chi connectivity index (χ3v) is 1.00. The summed E-state index contributed by atoms with van der Waals surface area (Å²) in [5.74, 6) is 4.75. The normalized spacial score (nSPS) is 8.20. The first-order valence-corrected chi connectivity index (χ1v) is 2.88. The third kappa shape index (κ3) is 1.32. The van der Waals surface area contributed by atoms with Crippen molar-refractivity contribution in [3.63, 3.8) is 0 Å². The summed E-state index contributed by atoms with van der Waals surface area (Å²) in [4.78, 5) is 3.72. The second-order valence-electron chi connectivity index (χ2n) is 1.71. The van der Waals surface area contributed by atoms with E-state index in [1.165, 1.54) is 18.3 Å². The van der Waals surface area contributed by atoms with Gasteiger partial charge in [-0.3, -0.25) is 0 Å². The van der Waals surface area contributed by atoms with Crippen molar-refractivity contribution < 1.29 is 4.39 Å². The van der Waals surface area contributed by atoms with E-state index in [0.29, 0.717) is 0 Å². The monoisotopic (exact) mass is 135 g/mol. The standard InChI is InChI=1S/C8H6FN/c1-2-4-8-7(9)5-3-6-10-8/h3,5-6H,1H3. The number of halogens is 1. The molecule has 0 fully saturated rings. The maximum atomic E-state index is 12.6. The largest absolute Gasteiger partial charge is 0.245 e. The number of aromatic nitrogens is 1. The van der Waals surface area contributed by atoms with Crippen LogP contribution in [0.3, 0.4) is 0 Å². The predicted molar refractivity (Wildman–Crippen MR) is 36.7 cm³/mol. The molecule has 0 N–H and O–H groups in total. The van der Waals surface area contributed by atoms with Gasteiger partial charge in [-0.1, -0.05) is 5.92 Å². The fourth-order valence-electron chi connectivity index (χ4n) is 0.596. The van der Waals surface area contributed by atoms with Crippen LogP contribution in [0, 0.1) is 17.7 Å². The van der Waals surface area contributed by atoms with Gasteiger partial charge in [0.1, 0.15) is 5.69 Å². The van der Waals surface area contributed by atoms with Gasteiger partial charge in [0.2, 0.25) is 0 Å². The third-order valence-electron chi connectivity index (χ3n) is 1.00. The Balaban J connectivity index is 3.11. The van der Waals surface area contributed by atoms with Crippen LogP contribution in [0.1, 0.15) is 12.6 Å². The van der Waals surface area contributed by atoms with E-state index in [1.54, 1.807) is 6.92 Å². The topological polar surface area (TPSA) is 12.9 Å². The van der Waals surface area contributed by atoms with Gasteiger partial charge in [-0.25, -0.2) is 9.37 Å². The van der Waals surface area contributed by atoms with Crippen molar-refractivity contribution in [2.45, 2.75) is 6.92 Å². The Morgan fingerprint density at radius 1 is 1.60 bits per heavy atom. The van der Waals surface area contributed by atoms with Crippen molar-refractivity contribution in [2.75, 3.05) is 0 Å². The molecular weight excluding hydrogens is 129 g/mol. The zero-order valence-corrected chi connectivity index (χ0v) is 5.56. The van der Waals surface area contributed by atoms with E-state index in [0.717, 1.165) is 0 Å². The highest BCUT2D eigenvalue weighted by Crippen LogP contribution is 1.98. The Morgan fingerprint density at radius 2 is 2.40 bits per heavy atom. The Morgan fingerprint density at radius 3 is 3.00 bits per heavy atom. The molecule has 1 heterocycles. The Labute approximate surface area is 58.9 Å². The van der Waals surface area contributed by atoms with Crippen molar-refractivity contribution >= 4 is 0 Å². The molecule has 1 aromatic rings. The molecule has 0 saturated carbocycles. The minimum atomic E-state index is -0.364. The number of pyridine rings is 1. The highest BCUT2D eigenvalue weighted by Gasteiger charge is 1.94. The van der Waals surface area contributed by atoms with Gasteiger partial charge >= 0.3 is 0 Å². The van der Waals surface area contributed by atoms with Gasteiger partial charge < -0.3 is 0 Å². The number of hydrogen-bond donors (Lipinski definition) is 0. The van der Waals surface area contributed by atoms with Crippen molar-refractivity contribution in [1.29, 1.82) is 0 Å². The molecule has 0 amide bonds. The molecule has 2 heteroatoms. The zero-order chi connectivity index (χ0) is 7.40. The first kappa shape index (κ1) is 6.76. The minimum absolute atomic E-state index is 0.213. The molecule has 10 heavy (non-hydrogen) atoms. The Hall–Kier alpha value is -1.36. The molecule has 0 aromatic carbocycles. The van der Waals surface area contributed by atoms with E-state index in [-0.39, 0.29) is 11.5 Å². The lowest BCUT2D eigenvalue weighted by molar-refractivity contribution is 0.617. The Kier molecular flexibility index (Phi) is 2.01. The van der Waals surface area contributed by atoms with Crippen LogP contribution in [0.5, 0.6) is 0 Å². The fourth-order valence-corrected chi connectivity index (χ4v) is 0.596. The lowest BCUT2D eigenvalue weighted by Gasteiger charge is -1.88. The van der Waals surface area contributed by atoms with E-state index in [9.17, 15) is 4.39 Å². The molecule has 0 saturated heterocycles. The summed E-state index contributed by atoms with van der Waals surface area (Å²) < 4.78 is 12.6. The average Bonchev–Trinajstić information content (AvgIpc) is 1.94. The first-order chi connectivity index (χ1) is 4.84. The van der Waals surface area contributed by atoms with Crippen molar-refractivity contribution in [1.82, 2.24) is 4.98 Å². The van der Waals surface area contributed by atoms with Crippen LogP contribution >= 0.6 is 0 Å². The van der Waals surface area contributed by atoms with Crippen LogP contribution in [-0.2, 0) is 0 Å². The van der Waals surface area contributed by atoms with Crippen LogP contribution in [-0.4, -0.2) is 4.98 Å². The lowest BCUT2D eigenvalue weighted by atomic mass is 10.3. The molecular formula is C8H6FN. The van der Waals surface area contributed by atoms with E-state index >= 15 is 0 Å². The zero-order valence-electron chi connectivity index (χ0n) is 5.56. The lowest BCUT2D eigenvalue weighted by Crippen LogP contribution is -1.85. The molecule has 0 aliphatic rings. The SMILES string of the molecule is CC#Cc1ncccc1F. The van der Waals surface area contributed by atoms with Gasteiger partial charge in [0.15, 0.2) is 5.82 Å². The summed E-state index contributed by atoms with van der Waals surface area (Å²) >= 11 is 0. The van der Waals surface area contributed by atoms with Crippen LogP contribution in [0.4, 0.5) is 4.39 Å². The van der Waals surface area contributed by atoms with Crippen molar-refractivity contribution in [3.8, 4) is 11.8 Å². The summed E-state index contributed by atoms with van der Waals surface area (Å²) in [7, 11) is 0. The van der Waals surface area contributed by atoms with Crippen LogP contribution in [0.15, 0.2) is 18.3 Å². The van der Waals surface area contributed by atoms with Gasteiger partial charge in [-0.2, -0.15) is 0 Å². The summed E-state index contributed by atoms with van der Waals surface area (Å²) in [6.07, 6.45) is 1.52. The quantitative estimate of drug-likeness (QED) is 0.492. The highest BCUT2D eigenvalue weighted by atomic mass is 19.1. The number of hydrogen-bond acceptors (Lipinski definition) is 1.